The zero-order valence-corrected chi connectivity index (χ0v) is 11.1. The highest BCUT2D eigenvalue weighted by molar-refractivity contribution is 5.70. The molecule has 0 saturated carbocycles. The summed E-state index contributed by atoms with van der Waals surface area (Å²) in [6.45, 7) is 0. The van der Waals surface area contributed by atoms with Crippen LogP contribution in [0.15, 0.2) is 67.3 Å². The molecule has 0 spiro atoms. The number of hydrogen-bond donors (Lipinski definition) is 0. The van der Waals surface area contributed by atoms with E-state index in [4.69, 9.17) is 4.74 Å². The number of aromatic nitrogens is 2. The van der Waals surface area contributed by atoms with Crippen LogP contribution in [0.5, 0.6) is 11.5 Å². The Bertz CT molecular complexity index is 794. The van der Waals surface area contributed by atoms with Crippen molar-refractivity contribution in [3.8, 4) is 28.7 Å². The molecular weight excluding hydrogens is 262 g/mol. The molecule has 2 aromatic heterocycles. The molecular formula is C17H11N3O. The maximum Gasteiger partial charge on any atom is 0.146 e. The Morgan fingerprint density at radius 2 is 1.76 bits per heavy atom. The fourth-order valence-corrected chi connectivity index (χ4v) is 2.00. The van der Waals surface area contributed by atoms with Crippen LogP contribution < -0.4 is 4.74 Å². The molecule has 0 bridgehead atoms. The van der Waals surface area contributed by atoms with E-state index in [1.807, 2.05) is 30.3 Å². The largest absolute Gasteiger partial charge is 0.454 e. The van der Waals surface area contributed by atoms with Crippen LogP contribution in [-0.2, 0) is 0 Å². The molecule has 0 radical (unpaired) electrons. The number of rotatable bonds is 3. The van der Waals surface area contributed by atoms with E-state index in [1.54, 1.807) is 36.9 Å². The highest BCUT2D eigenvalue weighted by atomic mass is 16.5. The van der Waals surface area contributed by atoms with Crippen molar-refractivity contribution in [3.63, 3.8) is 0 Å². The van der Waals surface area contributed by atoms with Gasteiger partial charge >= 0.3 is 0 Å². The highest BCUT2D eigenvalue weighted by Crippen LogP contribution is 2.27. The topological polar surface area (TPSA) is 58.8 Å². The lowest BCUT2D eigenvalue weighted by atomic mass is 10.0. The predicted octanol–water partition coefficient (Wildman–Crippen LogP) is 3.81. The van der Waals surface area contributed by atoms with Crippen molar-refractivity contribution in [2.45, 2.75) is 0 Å². The summed E-state index contributed by atoms with van der Waals surface area (Å²) >= 11 is 0. The first-order chi connectivity index (χ1) is 10.4. The third-order valence-electron chi connectivity index (χ3n) is 2.94. The molecule has 3 rings (SSSR count). The van der Waals surface area contributed by atoms with Gasteiger partial charge in [0.2, 0.25) is 0 Å². The number of pyridine rings is 2. The van der Waals surface area contributed by atoms with E-state index in [2.05, 4.69) is 16.0 Å². The van der Waals surface area contributed by atoms with Gasteiger partial charge in [0.15, 0.2) is 0 Å². The molecule has 0 N–H and O–H groups in total. The van der Waals surface area contributed by atoms with Crippen LogP contribution in [-0.4, -0.2) is 9.97 Å². The van der Waals surface area contributed by atoms with Crippen LogP contribution in [0.1, 0.15) is 5.56 Å². The highest BCUT2D eigenvalue weighted by Gasteiger charge is 2.06. The van der Waals surface area contributed by atoms with Crippen LogP contribution in [0.2, 0.25) is 0 Å². The van der Waals surface area contributed by atoms with E-state index in [0.29, 0.717) is 17.1 Å². The van der Waals surface area contributed by atoms with E-state index < -0.39 is 0 Å². The number of nitriles is 1. The quantitative estimate of drug-likeness (QED) is 0.728. The minimum Gasteiger partial charge on any atom is -0.454 e. The van der Waals surface area contributed by atoms with Crippen molar-refractivity contribution in [1.82, 2.24) is 9.97 Å². The van der Waals surface area contributed by atoms with Crippen LogP contribution in [0.25, 0.3) is 11.1 Å². The maximum absolute atomic E-state index is 9.17. The standard InChI is InChI=1S/C17H11N3O/c18-9-13-4-1-2-6-17(13)14-8-16(12-20-10-14)21-15-5-3-7-19-11-15/h1-8,10-12H. The number of nitrogens with zero attached hydrogens (tertiary/aromatic N) is 3. The molecule has 4 nitrogen and oxygen atoms in total. The molecule has 2 heterocycles. The summed E-state index contributed by atoms with van der Waals surface area (Å²) in [4.78, 5) is 8.18. The Hall–Kier alpha value is -3.19. The zero-order chi connectivity index (χ0) is 14.5. The third-order valence-corrected chi connectivity index (χ3v) is 2.94. The maximum atomic E-state index is 9.17. The summed E-state index contributed by atoms with van der Waals surface area (Å²) in [6.07, 6.45) is 6.67. The third kappa shape index (κ3) is 2.88. The minimum absolute atomic E-state index is 0.605. The van der Waals surface area contributed by atoms with Crippen LogP contribution in [0, 0.1) is 11.3 Å². The fraction of sp³-hybridized carbons (Fsp3) is 0. The summed E-state index contributed by atoms with van der Waals surface area (Å²) < 4.78 is 5.71. The van der Waals surface area contributed by atoms with E-state index in [1.165, 1.54) is 0 Å². The summed E-state index contributed by atoms with van der Waals surface area (Å²) in [5.41, 5.74) is 2.29. The summed E-state index contributed by atoms with van der Waals surface area (Å²) in [6, 6.07) is 15.1. The molecule has 100 valence electrons. The molecule has 4 heteroatoms. The van der Waals surface area contributed by atoms with Gasteiger partial charge in [-0.2, -0.15) is 5.26 Å². The van der Waals surface area contributed by atoms with Gasteiger partial charge in [-0.3, -0.25) is 9.97 Å². The average Bonchev–Trinajstić information content (AvgIpc) is 2.56. The van der Waals surface area contributed by atoms with Crippen molar-refractivity contribution < 1.29 is 4.74 Å². The van der Waals surface area contributed by atoms with Gasteiger partial charge in [0, 0.05) is 23.5 Å². The zero-order valence-electron chi connectivity index (χ0n) is 11.1. The Balaban J connectivity index is 1.95. The monoisotopic (exact) mass is 273 g/mol. The summed E-state index contributed by atoms with van der Waals surface area (Å²) in [5.74, 6) is 1.25. The molecule has 0 fully saturated rings. The van der Waals surface area contributed by atoms with Gasteiger partial charge in [-0.15, -0.1) is 0 Å². The molecule has 0 aliphatic carbocycles. The first-order valence-electron chi connectivity index (χ1n) is 6.39. The summed E-state index contributed by atoms with van der Waals surface area (Å²) in [7, 11) is 0. The van der Waals surface area contributed by atoms with Crippen LogP contribution >= 0.6 is 0 Å². The van der Waals surface area contributed by atoms with E-state index >= 15 is 0 Å². The smallest absolute Gasteiger partial charge is 0.146 e. The number of hydrogen-bond acceptors (Lipinski definition) is 4. The Morgan fingerprint density at radius 3 is 2.57 bits per heavy atom. The SMILES string of the molecule is N#Cc1ccccc1-c1cncc(Oc2cccnc2)c1. The predicted molar refractivity (Wildman–Crippen MR) is 78.7 cm³/mol. The molecule has 0 aliphatic heterocycles. The number of benzene rings is 1. The molecule has 21 heavy (non-hydrogen) atoms. The molecule has 1 aromatic carbocycles. The van der Waals surface area contributed by atoms with Crippen molar-refractivity contribution in [1.29, 1.82) is 5.26 Å². The molecule has 0 unspecified atom stereocenters. The lowest BCUT2D eigenvalue weighted by molar-refractivity contribution is 0.478. The lowest BCUT2D eigenvalue weighted by Gasteiger charge is -2.07. The molecule has 0 saturated heterocycles. The summed E-state index contributed by atoms with van der Waals surface area (Å²) in [5, 5.41) is 9.17. The minimum atomic E-state index is 0.605. The van der Waals surface area contributed by atoms with Crippen molar-refractivity contribution >= 4 is 0 Å². The van der Waals surface area contributed by atoms with Crippen LogP contribution in [0.3, 0.4) is 0 Å². The second kappa shape index (κ2) is 5.85. The van der Waals surface area contributed by atoms with Gasteiger partial charge in [0.05, 0.1) is 24.0 Å². The Labute approximate surface area is 122 Å². The van der Waals surface area contributed by atoms with E-state index in [9.17, 15) is 5.26 Å². The molecule has 3 aromatic rings. The van der Waals surface area contributed by atoms with E-state index in [-0.39, 0.29) is 0 Å². The van der Waals surface area contributed by atoms with Gasteiger partial charge < -0.3 is 4.74 Å². The van der Waals surface area contributed by atoms with Gasteiger partial charge in [-0.25, -0.2) is 0 Å². The number of ether oxygens (including phenoxy) is 1. The lowest BCUT2D eigenvalue weighted by Crippen LogP contribution is -1.89. The fourth-order valence-electron chi connectivity index (χ4n) is 2.00. The van der Waals surface area contributed by atoms with Gasteiger partial charge in [-0.05, 0) is 24.3 Å². The molecule has 0 atom stereocenters. The van der Waals surface area contributed by atoms with E-state index in [0.717, 1.165) is 11.1 Å². The van der Waals surface area contributed by atoms with Crippen molar-refractivity contribution in [2.24, 2.45) is 0 Å². The van der Waals surface area contributed by atoms with Crippen molar-refractivity contribution in [2.75, 3.05) is 0 Å². The van der Waals surface area contributed by atoms with Gasteiger partial charge in [-0.1, -0.05) is 18.2 Å². The van der Waals surface area contributed by atoms with Crippen molar-refractivity contribution in [3.05, 3.63) is 72.8 Å². The average molecular weight is 273 g/mol. The Morgan fingerprint density at radius 1 is 0.905 bits per heavy atom. The second-order valence-electron chi connectivity index (χ2n) is 4.36. The first-order valence-corrected chi connectivity index (χ1v) is 6.39. The first kappa shape index (κ1) is 12.8. The molecule has 0 amide bonds. The molecule has 0 aliphatic rings. The second-order valence-corrected chi connectivity index (χ2v) is 4.36. The van der Waals surface area contributed by atoms with Gasteiger partial charge in [0.25, 0.3) is 0 Å². The normalized spacial score (nSPS) is 9.86. The van der Waals surface area contributed by atoms with Crippen LogP contribution in [0.4, 0.5) is 0 Å². The Kier molecular flexibility index (Phi) is 3.57. The van der Waals surface area contributed by atoms with Gasteiger partial charge in [0.1, 0.15) is 11.5 Å².